The van der Waals surface area contributed by atoms with Crippen molar-refractivity contribution in [2.45, 2.75) is 12.5 Å². The van der Waals surface area contributed by atoms with Crippen molar-refractivity contribution >= 4 is 11.9 Å². The van der Waals surface area contributed by atoms with Gasteiger partial charge in [0.2, 0.25) is 0 Å². The molecule has 0 amide bonds. The van der Waals surface area contributed by atoms with Crippen molar-refractivity contribution in [1.82, 2.24) is 5.48 Å². The highest BCUT2D eigenvalue weighted by Gasteiger charge is 2.31. The monoisotopic (exact) mass is 221 g/mol. The van der Waals surface area contributed by atoms with Crippen molar-refractivity contribution in [1.29, 1.82) is 0 Å². The van der Waals surface area contributed by atoms with E-state index in [1.807, 2.05) is 30.3 Å². The number of cyclic esters (lactones) is 1. The number of hydroxylamine groups is 1. The third-order valence-corrected chi connectivity index (χ3v) is 2.18. The van der Waals surface area contributed by atoms with Crippen molar-refractivity contribution in [3.05, 3.63) is 35.9 Å². The zero-order valence-corrected chi connectivity index (χ0v) is 8.51. The van der Waals surface area contributed by atoms with Crippen LogP contribution in [-0.4, -0.2) is 24.6 Å². The average molecular weight is 221 g/mol. The molecule has 0 bridgehead atoms. The zero-order valence-electron chi connectivity index (χ0n) is 8.51. The Hall–Kier alpha value is -1.88. The summed E-state index contributed by atoms with van der Waals surface area (Å²) in [6.45, 7) is 0.247. The normalized spacial score (nSPS) is 18.5. The predicted octanol–water partition coefficient (Wildman–Crippen LogP) is 0.202. The van der Waals surface area contributed by atoms with Gasteiger partial charge in [0.1, 0.15) is 6.61 Å². The number of carbonyl (C=O) groups is 2. The van der Waals surface area contributed by atoms with Crippen molar-refractivity contribution in [3.8, 4) is 0 Å². The first kappa shape index (κ1) is 10.6. The molecule has 0 radical (unpaired) electrons. The molecule has 1 fully saturated rings. The number of carbonyl (C=O) groups excluding carboxylic acids is 2. The minimum absolute atomic E-state index is 0.176. The fourth-order valence-corrected chi connectivity index (χ4v) is 1.25. The van der Waals surface area contributed by atoms with Crippen molar-refractivity contribution in [3.63, 3.8) is 0 Å². The predicted molar refractivity (Wildman–Crippen MR) is 54.1 cm³/mol. The molecule has 0 aromatic heterocycles. The summed E-state index contributed by atoms with van der Waals surface area (Å²) in [5, 5.41) is 0. The summed E-state index contributed by atoms with van der Waals surface area (Å²) in [7, 11) is 0. The number of rotatable bonds is 4. The van der Waals surface area contributed by atoms with Crippen LogP contribution in [0.2, 0.25) is 0 Å². The summed E-state index contributed by atoms with van der Waals surface area (Å²) in [4.78, 5) is 26.8. The second-order valence-electron chi connectivity index (χ2n) is 3.44. The third-order valence-electron chi connectivity index (χ3n) is 2.18. The zero-order chi connectivity index (χ0) is 11.4. The molecule has 84 valence electrons. The fourth-order valence-electron chi connectivity index (χ4n) is 1.25. The van der Waals surface area contributed by atoms with Gasteiger partial charge < -0.3 is 9.57 Å². The van der Waals surface area contributed by atoms with Crippen LogP contribution >= 0.6 is 0 Å². The van der Waals surface area contributed by atoms with Crippen LogP contribution in [0.4, 0.5) is 0 Å². The Kier molecular flexibility index (Phi) is 3.16. The number of benzene rings is 1. The van der Waals surface area contributed by atoms with Crippen molar-refractivity contribution < 1.29 is 19.2 Å². The maximum Gasteiger partial charge on any atom is 0.330 e. The van der Waals surface area contributed by atoms with E-state index in [1.54, 1.807) is 0 Å². The molecule has 5 heteroatoms. The Labute approximate surface area is 92.3 Å². The van der Waals surface area contributed by atoms with Crippen LogP contribution in [0, 0.1) is 0 Å². The lowest BCUT2D eigenvalue weighted by Crippen LogP contribution is -2.51. The lowest BCUT2D eigenvalue weighted by Gasteiger charge is -2.24. The van der Waals surface area contributed by atoms with Crippen LogP contribution < -0.4 is 5.48 Å². The molecule has 2 rings (SSSR count). The molecule has 0 saturated carbocycles. The molecule has 16 heavy (non-hydrogen) atoms. The largest absolute Gasteiger partial charge is 0.462 e. The minimum atomic E-state index is -0.514. The summed E-state index contributed by atoms with van der Waals surface area (Å²) in [5.74, 6) is -0.821. The molecule has 5 nitrogen and oxygen atoms in total. The highest BCUT2D eigenvalue weighted by atomic mass is 16.7. The molecule has 1 heterocycles. The fraction of sp³-hybridized carbons (Fsp3) is 0.273. The van der Waals surface area contributed by atoms with Crippen LogP contribution in [-0.2, 0) is 25.6 Å². The number of nitrogens with one attached hydrogen (secondary N) is 1. The van der Waals surface area contributed by atoms with Gasteiger partial charge in [-0.2, -0.15) is 0 Å². The second kappa shape index (κ2) is 4.76. The summed E-state index contributed by atoms with van der Waals surface area (Å²) in [5.41, 5.74) is 3.23. The van der Waals surface area contributed by atoms with E-state index in [4.69, 9.17) is 4.84 Å². The van der Waals surface area contributed by atoms with Gasteiger partial charge in [0.25, 0.3) is 0 Å². The van der Waals surface area contributed by atoms with E-state index in [2.05, 4.69) is 10.2 Å². The van der Waals surface area contributed by atoms with Gasteiger partial charge in [-0.05, 0) is 5.56 Å². The number of hydrogen-bond acceptors (Lipinski definition) is 5. The molecule has 0 unspecified atom stereocenters. The van der Waals surface area contributed by atoms with Crippen molar-refractivity contribution in [2.24, 2.45) is 0 Å². The van der Waals surface area contributed by atoms with E-state index >= 15 is 0 Å². The summed E-state index contributed by atoms with van der Waals surface area (Å²) >= 11 is 0. The van der Waals surface area contributed by atoms with Gasteiger partial charge in [0.15, 0.2) is 6.04 Å². The Morgan fingerprint density at radius 3 is 2.75 bits per heavy atom. The van der Waals surface area contributed by atoms with E-state index in [-0.39, 0.29) is 13.0 Å². The highest BCUT2D eigenvalue weighted by molar-refractivity contribution is 5.81. The second-order valence-corrected chi connectivity index (χ2v) is 3.44. The first-order valence-electron chi connectivity index (χ1n) is 4.91. The SMILES string of the molecule is O=C(Cc1ccccc1)ON[C@H]1COC1=O. The molecule has 1 aliphatic rings. The van der Waals surface area contributed by atoms with Gasteiger partial charge in [-0.15, -0.1) is 5.48 Å². The molecule has 1 saturated heterocycles. The lowest BCUT2D eigenvalue weighted by atomic mass is 10.2. The van der Waals surface area contributed by atoms with Gasteiger partial charge in [-0.3, -0.25) is 9.59 Å². The summed E-state index contributed by atoms with van der Waals surface area (Å²) < 4.78 is 4.50. The maximum absolute atomic E-state index is 11.3. The van der Waals surface area contributed by atoms with Crippen LogP contribution in [0.3, 0.4) is 0 Å². The molecule has 1 N–H and O–H groups in total. The van der Waals surface area contributed by atoms with Gasteiger partial charge >= 0.3 is 11.9 Å². The summed E-state index contributed by atoms with van der Waals surface area (Å²) in [6, 6.07) is 8.72. The van der Waals surface area contributed by atoms with Gasteiger partial charge in [-0.25, -0.2) is 0 Å². The van der Waals surface area contributed by atoms with E-state index in [1.165, 1.54) is 0 Å². The Morgan fingerprint density at radius 2 is 2.19 bits per heavy atom. The lowest BCUT2D eigenvalue weighted by molar-refractivity contribution is -0.176. The Balaban J connectivity index is 1.74. The first-order chi connectivity index (χ1) is 7.75. The molecule has 1 aromatic rings. The molecule has 1 aromatic carbocycles. The van der Waals surface area contributed by atoms with E-state index in [0.717, 1.165) is 5.56 Å². The number of ether oxygens (including phenoxy) is 1. The maximum atomic E-state index is 11.3. The van der Waals surface area contributed by atoms with Crippen LogP contribution in [0.15, 0.2) is 30.3 Å². The molecule has 1 aliphatic heterocycles. The summed E-state index contributed by atoms with van der Waals surface area (Å²) in [6.07, 6.45) is 0.176. The van der Waals surface area contributed by atoms with E-state index < -0.39 is 18.0 Å². The average Bonchev–Trinajstić information content (AvgIpc) is 2.28. The Morgan fingerprint density at radius 1 is 1.44 bits per heavy atom. The van der Waals surface area contributed by atoms with Gasteiger partial charge in [-0.1, -0.05) is 30.3 Å². The smallest absolute Gasteiger partial charge is 0.330 e. The standard InChI is InChI=1S/C11H11NO4/c13-10(6-8-4-2-1-3-5-8)16-12-9-7-15-11(9)14/h1-5,9,12H,6-7H2/t9-/m0/s1. The van der Waals surface area contributed by atoms with Crippen LogP contribution in [0.1, 0.15) is 5.56 Å². The van der Waals surface area contributed by atoms with Crippen LogP contribution in [0.25, 0.3) is 0 Å². The molecular weight excluding hydrogens is 210 g/mol. The molecule has 0 aliphatic carbocycles. The van der Waals surface area contributed by atoms with E-state index in [0.29, 0.717) is 0 Å². The topological polar surface area (TPSA) is 64.6 Å². The quantitative estimate of drug-likeness (QED) is 0.581. The van der Waals surface area contributed by atoms with Gasteiger partial charge in [0, 0.05) is 0 Å². The number of esters is 1. The number of hydrogen-bond donors (Lipinski definition) is 1. The first-order valence-corrected chi connectivity index (χ1v) is 4.91. The highest BCUT2D eigenvalue weighted by Crippen LogP contribution is 2.04. The molecule has 1 atom stereocenters. The van der Waals surface area contributed by atoms with Crippen molar-refractivity contribution in [2.75, 3.05) is 6.61 Å². The van der Waals surface area contributed by atoms with Crippen LogP contribution in [0.5, 0.6) is 0 Å². The van der Waals surface area contributed by atoms with Gasteiger partial charge in [0.05, 0.1) is 6.42 Å². The molecular formula is C11H11NO4. The third kappa shape index (κ3) is 2.58. The van der Waals surface area contributed by atoms with E-state index in [9.17, 15) is 9.59 Å². The molecule has 0 spiro atoms. The minimum Gasteiger partial charge on any atom is -0.462 e. The Bertz CT molecular complexity index is 390.